The maximum Gasteiger partial charge on any atom is 0.243 e. The Balaban J connectivity index is 1.66. The zero-order valence-electron chi connectivity index (χ0n) is 14.0. The summed E-state index contributed by atoms with van der Waals surface area (Å²) in [5.41, 5.74) is -0.767. The highest BCUT2D eigenvalue weighted by Gasteiger charge is 2.52. The summed E-state index contributed by atoms with van der Waals surface area (Å²) in [6.45, 7) is 0. The van der Waals surface area contributed by atoms with E-state index in [0.717, 1.165) is 12.1 Å². The monoisotopic (exact) mass is 379 g/mol. The van der Waals surface area contributed by atoms with Crippen molar-refractivity contribution in [1.82, 2.24) is 4.31 Å². The van der Waals surface area contributed by atoms with Gasteiger partial charge in [0.05, 0.1) is 10.5 Å². The Labute approximate surface area is 151 Å². The van der Waals surface area contributed by atoms with Gasteiger partial charge in [-0.2, -0.15) is 4.31 Å². The van der Waals surface area contributed by atoms with Gasteiger partial charge in [0, 0.05) is 12.1 Å². The van der Waals surface area contributed by atoms with E-state index in [2.05, 4.69) is 0 Å². The molecule has 4 nitrogen and oxygen atoms in total. The summed E-state index contributed by atoms with van der Waals surface area (Å²) in [6.07, 6.45) is 1.71. The molecule has 2 aliphatic rings. The predicted molar refractivity (Wildman–Crippen MR) is 91.8 cm³/mol. The predicted octanol–water partition coefficient (Wildman–Crippen LogP) is 3.17. The van der Waals surface area contributed by atoms with Crippen LogP contribution in [0.1, 0.15) is 31.2 Å². The summed E-state index contributed by atoms with van der Waals surface area (Å²) in [7, 11) is -3.77. The lowest BCUT2D eigenvalue weighted by Gasteiger charge is -2.43. The second kappa shape index (κ2) is 6.11. The van der Waals surface area contributed by atoms with Gasteiger partial charge in [0.25, 0.3) is 0 Å². The maximum absolute atomic E-state index is 13.6. The Hall–Kier alpha value is -1.83. The standard InChI is InChI=1S/C19H19F2NO3S/c20-14-4-8-18(9-5-14)26(24,25)22-16-6-7-17(22)12-19(23,11-16)13-2-1-3-15(21)10-13/h1-5,8-10,16-17,23H,6-7,11-12H2/t16-,17+,19?. The van der Waals surface area contributed by atoms with Crippen molar-refractivity contribution in [2.45, 2.75) is 48.3 Å². The SMILES string of the molecule is O=S(=O)(c1ccc(F)cc1)N1[C@@H]2CC[C@H]1CC(O)(c1cccc(F)c1)C2. The molecule has 1 unspecified atom stereocenters. The highest BCUT2D eigenvalue weighted by Crippen LogP contribution is 2.47. The largest absolute Gasteiger partial charge is 0.385 e. The van der Waals surface area contributed by atoms with Gasteiger partial charge in [-0.05, 0) is 67.6 Å². The van der Waals surface area contributed by atoms with Crippen molar-refractivity contribution in [3.63, 3.8) is 0 Å². The van der Waals surface area contributed by atoms with Crippen LogP contribution < -0.4 is 0 Å². The molecule has 2 heterocycles. The minimum atomic E-state index is -3.77. The highest BCUT2D eigenvalue weighted by atomic mass is 32.2. The zero-order valence-corrected chi connectivity index (χ0v) is 14.8. The fourth-order valence-electron chi connectivity index (χ4n) is 4.32. The van der Waals surface area contributed by atoms with Crippen molar-refractivity contribution in [1.29, 1.82) is 0 Å². The van der Waals surface area contributed by atoms with Gasteiger partial charge in [-0.15, -0.1) is 0 Å². The van der Waals surface area contributed by atoms with Crippen LogP contribution in [0, 0.1) is 11.6 Å². The summed E-state index contributed by atoms with van der Waals surface area (Å²) in [5.74, 6) is -0.921. The number of hydrogen-bond acceptors (Lipinski definition) is 3. The van der Waals surface area contributed by atoms with Crippen LogP contribution in [0.2, 0.25) is 0 Å². The van der Waals surface area contributed by atoms with Gasteiger partial charge in [-0.3, -0.25) is 0 Å². The van der Waals surface area contributed by atoms with Gasteiger partial charge in [0.1, 0.15) is 11.6 Å². The number of piperidine rings is 1. The molecule has 0 aromatic heterocycles. The van der Waals surface area contributed by atoms with Gasteiger partial charge in [0.2, 0.25) is 10.0 Å². The molecule has 4 rings (SSSR count). The van der Waals surface area contributed by atoms with Crippen LogP contribution in [0.15, 0.2) is 53.4 Å². The van der Waals surface area contributed by atoms with E-state index in [-0.39, 0.29) is 29.8 Å². The normalized spacial score (nSPS) is 29.0. The van der Waals surface area contributed by atoms with E-state index in [1.54, 1.807) is 12.1 Å². The molecule has 0 aliphatic carbocycles. The van der Waals surface area contributed by atoms with E-state index < -0.39 is 27.3 Å². The van der Waals surface area contributed by atoms with Gasteiger partial charge < -0.3 is 5.11 Å². The van der Waals surface area contributed by atoms with Crippen molar-refractivity contribution in [2.75, 3.05) is 0 Å². The van der Waals surface area contributed by atoms with Gasteiger partial charge in [-0.1, -0.05) is 12.1 Å². The average Bonchev–Trinajstić information content (AvgIpc) is 2.89. The summed E-state index contributed by atoms with van der Waals surface area (Å²) >= 11 is 0. The third-order valence-electron chi connectivity index (χ3n) is 5.45. The molecule has 0 amide bonds. The summed E-state index contributed by atoms with van der Waals surface area (Å²) in [5, 5.41) is 11.1. The Morgan fingerprint density at radius 3 is 2.15 bits per heavy atom. The molecule has 2 aromatic rings. The summed E-state index contributed by atoms with van der Waals surface area (Å²) in [6, 6.07) is 9.89. The van der Waals surface area contributed by atoms with Crippen LogP contribution in [-0.2, 0) is 15.6 Å². The van der Waals surface area contributed by atoms with Crippen LogP contribution in [-0.4, -0.2) is 29.9 Å². The van der Waals surface area contributed by atoms with Crippen LogP contribution in [0.5, 0.6) is 0 Å². The van der Waals surface area contributed by atoms with Crippen LogP contribution in [0.4, 0.5) is 8.78 Å². The number of hydrogen-bond donors (Lipinski definition) is 1. The molecule has 2 bridgehead atoms. The van der Waals surface area contributed by atoms with Crippen LogP contribution in [0.3, 0.4) is 0 Å². The third-order valence-corrected chi connectivity index (χ3v) is 7.47. The maximum atomic E-state index is 13.6. The lowest BCUT2D eigenvalue weighted by molar-refractivity contribution is -0.0342. The fraction of sp³-hybridized carbons (Fsp3) is 0.368. The highest BCUT2D eigenvalue weighted by molar-refractivity contribution is 7.89. The van der Waals surface area contributed by atoms with E-state index in [9.17, 15) is 22.3 Å². The number of aliphatic hydroxyl groups is 1. The average molecular weight is 379 g/mol. The number of sulfonamides is 1. The molecule has 3 atom stereocenters. The van der Waals surface area contributed by atoms with E-state index in [4.69, 9.17) is 0 Å². The van der Waals surface area contributed by atoms with Gasteiger partial charge >= 0.3 is 0 Å². The minimum Gasteiger partial charge on any atom is -0.385 e. The van der Waals surface area contributed by atoms with Gasteiger partial charge in [-0.25, -0.2) is 17.2 Å². The van der Waals surface area contributed by atoms with E-state index >= 15 is 0 Å². The Bertz CT molecular complexity index is 916. The zero-order chi connectivity index (χ0) is 18.5. The Morgan fingerprint density at radius 1 is 0.962 bits per heavy atom. The molecule has 0 radical (unpaired) electrons. The lowest BCUT2D eigenvalue weighted by Crippen LogP contribution is -2.51. The molecular weight excluding hydrogens is 360 g/mol. The number of benzene rings is 2. The Kier molecular flexibility index (Phi) is 4.13. The van der Waals surface area contributed by atoms with Crippen molar-refractivity contribution >= 4 is 10.0 Å². The van der Waals surface area contributed by atoms with E-state index in [1.807, 2.05) is 0 Å². The molecule has 138 valence electrons. The first-order chi connectivity index (χ1) is 12.3. The molecule has 26 heavy (non-hydrogen) atoms. The molecule has 2 fully saturated rings. The van der Waals surface area contributed by atoms with Crippen molar-refractivity contribution in [2.24, 2.45) is 0 Å². The van der Waals surface area contributed by atoms with Crippen LogP contribution >= 0.6 is 0 Å². The summed E-state index contributed by atoms with van der Waals surface area (Å²) < 4.78 is 54.2. The van der Waals surface area contributed by atoms with E-state index in [1.165, 1.54) is 28.6 Å². The number of fused-ring (bicyclic) bond motifs is 2. The topological polar surface area (TPSA) is 57.6 Å². The fourth-order valence-corrected chi connectivity index (χ4v) is 6.19. The molecule has 0 spiro atoms. The summed E-state index contributed by atoms with van der Waals surface area (Å²) in [4.78, 5) is 0.0481. The van der Waals surface area contributed by atoms with Crippen LogP contribution in [0.25, 0.3) is 0 Å². The second-order valence-electron chi connectivity index (χ2n) is 7.12. The van der Waals surface area contributed by atoms with E-state index in [0.29, 0.717) is 18.4 Å². The molecule has 7 heteroatoms. The number of rotatable bonds is 3. The molecule has 2 aliphatic heterocycles. The third kappa shape index (κ3) is 2.84. The molecule has 2 aromatic carbocycles. The first-order valence-electron chi connectivity index (χ1n) is 8.57. The van der Waals surface area contributed by atoms with Crippen molar-refractivity contribution in [3.8, 4) is 0 Å². The van der Waals surface area contributed by atoms with Crippen molar-refractivity contribution < 1.29 is 22.3 Å². The van der Waals surface area contributed by atoms with Crippen molar-refractivity contribution in [3.05, 3.63) is 65.7 Å². The first-order valence-corrected chi connectivity index (χ1v) is 10.0. The second-order valence-corrected chi connectivity index (χ2v) is 8.97. The van der Waals surface area contributed by atoms with Gasteiger partial charge in [0.15, 0.2) is 0 Å². The Morgan fingerprint density at radius 2 is 1.58 bits per heavy atom. The number of halogens is 2. The molecule has 0 saturated carbocycles. The quantitative estimate of drug-likeness (QED) is 0.891. The minimum absolute atomic E-state index is 0.0481. The first kappa shape index (κ1) is 17.6. The smallest absolute Gasteiger partial charge is 0.243 e. The molecule has 2 saturated heterocycles. The molecule has 1 N–H and O–H groups in total. The number of nitrogens with zero attached hydrogens (tertiary/aromatic N) is 1. The molecular formula is C19H19F2NO3S. The lowest BCUT2D eigenvalue weighted by atomic mass is 9.81.